The van der Waals surface area contributed by atoms with Gasteiger partial charge in [0.2, 0.25) is 0 Å². The second kappa shape index (κ2) is 7.21. The van der Waals surface area contributed by atoms with Crippen LogP contribution in [0.2, 0.25) is 10.0 Å². The van der Waals surface area contributed by atoms with E-state index >= 15 is 0 Å². The number of benzene rings is 1. The molecule has 3 rings (SSSR count). The van der Waals surface area contributed by atoms with Crippen LogP contribution in [0.25, 0.3) is 6.08 Å². The van der Waals surface area contributed by atoms with Crippen molar-refractivity contribution in [1.29, 1.82) is 0 Å². The second-order valence-electron chi connectivity index (χ2n) is 6.47. The van der Waals surface area contributed by atoms with Gasteiger partial charge in [0.05, 0.1) is 10.7 Å². The van der Waals surface area contributed by atoms with Gasteiger partial charge in [-0.05, 0) is 56.7 Å². The Balaban J connectivity index is 2.03. The van der Waals surface area contributed by atoms with Crippen LogP contribution in [0.3, 0.4) is 0 Å². The molecule has 140 valence electrons. The molecule has 8 heteroatoms. The number of aryl methyl sites for hydroxylation is 1. The van der Waals surface area contributed by atoms with E-state index in [9.17, 15) is 14.4 Å². The number of rotatable bonds is 3. The van der Waals surface area contributed by atoms with Crippen molar-refractivity contribution >= 4 is 52.8 Å². The van der Waals surface area contributed by atoms with Crippen molar-refractivity contribution < 1.29 is 14.4 Å². The Morgan fingerprint density at radius 3 is 2.41 bits per heavy atom. The summed E-state index contributed by atoms with van der Waals surface area (Å²) in [6.07, 6.45) is 3.32. The second-order valence-corrected chi connectivity index (χ2v) is 7.31. The van der Waals surface area contributed by atoms with E-state index in [0.717, 1.165) is 10.6 Å². The monoisotopic (exact) mass is 405 g/mol. The Bertz CT molecular complexity index is 992. The molecule has 4 amide bonds. The number of barbiturate groups is 1. The lowest BCUT2D eigenvalue weighted by molar-refractivity contribution is -0.122. The predicted molar refractivity (Wildman–Crippen MR) is 105 cm³/mol. The Labute approximate surface area is 166 Å². The molecular weight excluding hydrogens is 389 g/mol. The van der Waals surface area contributed by atoms with Gasteiger partial charge in [-0.1, -0.05) is 23.2 Å². The standard InChI is InChI=1S/C19H17Cl2N3O3/c1-10(2)23-9-12(6-11(23)3)7-14-17(25)22-19(27)24(18(14)26)16-5-4-13(20)8-15(16)21/h4-10H,1-3H3,(H,22,25,27)/b14-7-. The summed E-state index contributed by atoms with van der Waals surface area (Å²) in [5, 5.41) is 2.67. The number of carbonyl (C=O) groups excluding carboxylic acids is 3. The Hall–Kier alpha value is -2.57. The summed E-state index contributed by atoms with van der Waals surface area (Å²) in [7, 11) is 0. The number of imide groups is 2. The number of aromatic nitrogens is 1. The van der Waals surface area contributed by atoms with Crippen LogP contribution in [0.1, 0.15) is 31.1 Å². The van der Waals surface area contributed by atoms with Crippen molar-refractivity contribution in [2.24, 2.45) is 0 Å². The highest BCUT2D eigenvalue weighted by atomic mass is 35.5. The minimum absolute atomic E-state index is 0.126. The number of amides is 4. The van der Waals surface area contributed by atoms with Crippen molar-refractivity contribution in [3.8, 4) is 0 Å². The van der Waals surface area contributed by atoms with Gasteiger partial charge >= 0.3 is 6.03 Å². The topological polar surface area (TPSA) is 71.4 Å². The van der Waals surface area contributed by atoms with Gasteiger partial charge in [0.1, 0.15) is 5.57 Å². The highest BCUT2D eigenvalue weighted by molar-refractivity contribution is 6.42. The fraction of sp³-hybridized carbons (Fsp3) is 0.211. The molecule has 27 heavy (non-hydrogen) atoms. The van der Waals surface area contributed by atoms with E-state index in [1.54, 1.807) is 0 Å². The molecule has 2 aromatic rings. The number of carbonyl (C=O) groups is 3. The van der Waals surface area contributed by atoms with Gasteiger partial charge in [-0.3, -0.25) is 14.9 Å². The molecule has 1 fully saturated rings. The van der Waals surface area contributed by atoms with E-state index in [-0.39, 0.29) is 22.3 Å². The SMILES string of the molecule is Cc1cc(/C=C2/C(=O)NC(=O)N(c3ccc(Cl)cc3Cl)C2=O)cn1C(C)C. The van der Waals surface area contributed by atoms with Crippen LogP contribution in [0, 0.1) is 6.92 Å². The van der Waals surface area contributed by atoms with Crippen LogP contribution < -0.4 is 10.2 Å². The highest BCUT2D eigenvalue weighted by Gasteiger charge is 2.37. The predicted octanol–water partition coefficient (Wildman–Crippen LogP) is 4.35. The first kappa shape index (κ1) is 19.2. The van der Waals surface area contributed by atoms with Crippen molar-refractivity contribution in [3.63, 3.8) is 0 Å². The van der Waals surface area contributed by atoms with Gasteiger partial charge in [-0.25, -0.2) is 9.69 Å². The molecule has 6 nitrogen and oxygen atoms in total. The molecule has 0 aliphatic carbocycles. The first-order valence-electron chi connectivity index (χ1n) is 8.24. The lowest BCUT2D eigenvalue weighted by Gasteiger charge is -2.27. The summed E-state index contributed by atoms with van der Waals surface area (Å²) in [6, 6.07) is 5.62. The zero-order valence-corrected chi connectivity index (χ0v) is 16.4. The first-order valence-corrected chi connectivity index (χ1v) is 8.99. The largest absolute Gasteiger partial charge is 0.349 e. The number of anilines is 1. The summed E-state index contributed by atoms with van der Waals surface area (Å²) in [5.74, 6) is -1.50. The Kier molecular flexibility index (Phi) is 5.13. The fourth-order valence-corrected chi connectivity index (χ4v) is 3.45. The van der Waals surface area contributed by atoms with E-state index in [1.807, 2.05) is 37.6 Å². The average molecular weight is 406 g/mol. The molecule has 0 atom stereocenters. The summed E-state index contributed by atoms with van der Waals surface area (Å²) in [4.78, 5) is 38.2. The molecule has 0 spiro atoms. The number of hydrogen-bond donors (Lipinski definition) is 1. The number of urea groups is 1. The molecule has 0 bridgehead atoms. The first-order chi connectivity index (χ1) is 12.7. The number of nitrogens with one attached hydrogen (secondary N) is 1. The third kappa shape index (κ3) is 3.63. The normalized spacial score (nSPS) is 16.4. The molecule has 2 heterocycles. The quantitative estimate of drug-likeness (QED) is 0.609. The third-order valence-electron chi connectivity index (χ3n) is 4.19. The van der Waals surface area contributed by atoms with Crippen LogP contribution in [0.5, 0.6) is 0 Å². The van der Waals surface area contributed by atoms with Crippen LogP contribution in [-0.4, -0.2) is 22.4 Å². The number of halogens is 2. The van der Waals surface area contributed by atoms with E-state index in [2.05, 4.69) is 5.32 Å². The van der Waals surface area contributed by atoms with E-state index < -0.39 is 17.8 Å². The van der Waals surface area contributed by atoms with Crippen LogP contribution in [0.4, 0.5) is 10.5 Å². The van der Waals surface area contributed by atoms with Crippen molar-refractivity contribution in [1.82, 2.24) is 9.88 Å². The lowest BCUT2D eigenvalue weighted by Crippen LogP contribution is -2.54. The molecule has 0 radical (unpaired) electrons. The van der Waals surface area contributed by atoms with Crippen LogP contribution in [0.15, 0.2) is 36.0 Å². The number of hydrogen-bond acceptors (Lipinski definition) is 3. The maximum absolute atomic E-state index is 12.9. The molecule has 1 aromatic carbocycles. The smallest absolute Gasteiger partial charge is 0.335 e. The maximum Gasteiger partial charge on any atom is 0.335 e. The van der Waals surface area contributed by atoms with Gasteiger partial charge < -0.3 is 4.57 Å². The molecule has 0 saturated carbocycles. The molecular formula is C19H17Cl2N3O3. The minimum Gasteiger partial charge on any atom is -0.349 e. The van der Waals surface area contributed by atoms with Gasteiger partial charge in [-0.15, -0.1) is 0 Å². The zero-order valence-electron chi connectivity index (χ0n) is 14.9. The molecule has 1 aliphatic heterocycles. The molecule has 1 saturated heterocycles. The molecule has 1 aromatic heterocycles. The summed E-state index contributed by atoms with van der Waals surface area (Å²) >= 11 is 12.0. The number of nitrogens with zero attached hydrogens (tertiary/aromatic N) is 2. The maximum atomic E-state index is 12.9. The van der Waals surface area contributed by atoms with Crippen molar-refractivity contribution in [2.75, 3.05) is 4.90 Å². The van der Waals surface area contributed by atoms with Gasteiger partial charge in [-0.2, -0.15) is 0 Å². The fourth-order valence-electron chi connectivity index (χ4n) is 2.96. The molecule has 1 N–H and O–H groups in total. The Morgan fingerprint density at radius 1 is 1.11 bits per heavy atom. The van der Waals surface area contributed by atoms with Crippen molar-refractivity contribution in [2.45, 2.75) is 26.8 Å². The van der Waals surface area contributed by atoms with Gasteiger partial charge in [0.15, 0.2) is 0 Å². The van der Waals surface area contributed by atoms with E-state index in [0.29, 0.717) is 10.6 Å². The zero-order chi connectivity index (χ0) is 19.9. The highest BCUT2D eigenvalue weighted by Crippen LogP contribution is 2.31. The van der Waals surface area contributed by atoms with Gasteiger partial charge in [0.25, 0.3) is 11.8 Å². The minimum atomic E-state index is -0.859. The summed E-state index contributed by atoms with van der Waals surface area (Å²) in [5.41, 5.74) is 1.69. The van der Waals surface area contributed by atoms with Crippen LogP contribution in [-0.2, 0) is 9.59 Å². The molecule has 0 unspecified atom stereocenters. The summed E-state index contributed by atoms with van der Waals surface area (Å²) < 4.78 is 2.02. The van der Waals surface area contributed by atoms with E-state index in [1.165, 1.54) is 24.3 Å². The van der Waals surface area contributed by atoms with E-state index in [4.69, 9.17) is 23.2 Å². The van der Waals surface area contributed by atoms with Gasteiger partial charge in [0, 0.05) is 23.0 Å². The van der Waals surface area contributed by atoms with Crippen molar-refractivity contribution in [3.05, 3.63) is 57.3 Å². The average Bonchev–Trinajstić information content (AvgIpc) is 2.94. The third-order valence-corrected chi connectivity index (χ3v) is 4.73. The Morgan fingerprint density at radius 2 is 1.81 bits per heavy atom. The lowest BCUT2D eigenvalue weighted by atomic mass is 10.1. The molecule has 1 aliphatic rings. The van der Waals surface area contributed by atoms with Crippen LogP contribution >= 0.6 is 23.2 Å². The summed E-state index contributed by atoms with van der Waals surface area (Å²) in [6.45, 7) is 6.00.